The topological polar surface area (TPSA) is 78.9 Å². The highest BCUT2D eigenvalue weighted by atomic mass is 16.6. The van der Waals surface area contributed by atoms with Gasteiger partial charge in [0, 0.05) is 19.8 Å². The molecule has 0 heterocycles. The lowest BCUT2D eigenvalue weighted by Gasteiger charge is -2.17. The van der Waals surface area contributed by atoms with Crippen LogP contribution in [0, 0.1) is 0 Å². The quantitative estimate of drug-likeness (QED) is 0.0303. The molecule has 0 aromatic heterocycles. The fourth-order valence-corrected chi connectivity index (χ4v) is 5.46. The summed E-state index contributed by atoms with van der Waals surface area (Å²) in [5.74, 6) is -1.08. The van der Waals surface area contributed by atoms with Gasteiger partial charge in [-0.2, -0.15) is 0 Å². The smallest absolute Gasteiger partial charge is 0.306 e. The molecule has 6 nitrogen and oxygen atoms in total. The van der Waals surface area contributed by atoms with Gasteiger partial charge in [-0.05, 0) is 38.5 Å². The molecule has 6 heteroatoms. The minimum atomic E-state index is -0.764. The van der Waals surface area contributed by atoms with Crippen molar-refractivity contribution in [2.45, 2.75) is 207 Å². The van der Waals surface area contributed by atoms with E-state index in [9.17, 15) is 14.4 Å². The molecule has 0 saturated carbocycles. The Morgan fingerprint density at radius 3 is 1.24 bits per heavy atom. The van der Waals surface area contributed by atoms with Gasteiger partial charge in [0.25, 0.3) is 0 Å². The second-order valence-electron chi connectivity index (χ2n) is 12.9. The van der Waals surface area contributed by atoms with Gasteiger partial charge in [-0.15, -0.1) is 0 Å². The minimum Gasteiger partial charge on any atom is -0.462 e. The van der Waals surface area contributed by atoms with E-state index < -0.39 is 12.1 Å². The van der Waals surface area contributed by atoms with Crippen LogP contribution in [0.3, 0.4) is 0 Å². The summed E-state index contributed by atoms with van der Waals surface area (Å²) in [5, 5.41) is 0. The standard InChI is InChI=1S/C39H72O6/c1-4-6-8-10-12-14-16-18-19-21-23-25-27-29-31-33-39(42)45-37(34-43-36(3)40)35-44-38(41)32-30-28-26-24-22-20-17-15-13-11-9-7-5-2/h18-19,37H,4-17,20-35H2,1-3H3/b19-18-/t37-/m1/s1. The van der Waals surface area contributed by atoms with Crippen LogP contribution in [-0.2, 0) is 28.6 Å². The zero-order chi connectivity index (χ0) is 33.1. The molecule has 0 fully saturated rings. The number of allylic oxidation sites excluding steroid dienone is 2. The van der Waals surface area contributed by atoms with Gasteiger partial charge in [-0.3, -0.25) is 14.4 Å². The maximum absolute atomic E-state index is 12.4. The van der Waals surface area contributed by atoms with Crippen LogP contribution in [0.4, 0.5) is 0 Å². The normalized spacial score (nSPS) is 12.0. The Bertz CT molecular complexity index is 704. The zero-order valence-electron chi connectivity index (χ0n) is 29.9. The van der Waals surface area contributed by atoms with Crippen LogP contribution in [0.1, 0.15) is 201 Å². The maximum Gasteiger partial charge on any atom is 0.306 e. The first kappa shape index (κ1) is 43.1. The summed E-state index contributed by atoms with van der Waals surface area (Å²) in [6.07, 6.45) is 36.5. The summed E-state index contributed by atoms with van der Waals surface area (Å²) >= 11 is 0. The van der Waals surface area contributed by atoms with E-state index in [0.717, 1.165) is 44.9 Å². The average Bonchev–Trinajstić information content (AvgIpc) is 3.02. The Kier molecular flexibility index (Phi) is 33.6. The van der Waals surface area contributed by atoms with Crippen LogP contribution in [0.25, 0.3) is 0 Å². The van der Waals surface area contributed by atoms with Crippen LogP contribution >= 0.6 is 0 Å². The van der Waals surface area contributed by atoms with Crippen molar-refractivity contribution in [2.24, 2.45) is 0 Å². The molecule has 0 aliphatic rings. The molecule has 0 N–H and O–H groups in total. The highest BCUT2D eigenvalue weighted by Crippen LogP contribution is 2.14. The number of unbranched alkanes of at least 4 members (excludes halogenated alkanes) is 23. The molecule has 45 heavy (non-hydrogen) atoms. The molecular weight excluding hydrogens is 564 g/mol. The lowest BCUT2D eigenvalue weighted by molar-refractivity contribution is -0.166. The van der Waals surface area contributed by atoms with Crippen LogP contribution < -0.4 is 0 Å². The molecule has 0 unspecified atom stereocenters. The number of esters is 3. The van der Waals surface area contributed by atoms with E-state index in [0.29, 0.717) is 12.8 Å². The molecule has 0 aromatic carbocycles. The molecule has 0 amide bonds. The molecule has 0 aliphatic carbocycles. The lowest BCUT2D eigenvalue weighted by atomic mass is 10.0. The van der Waals surface area contributed by atoms with E-state index in [4.69, 9.17) is 14.2 Å². The number of carbonyl (C=O) groups excluding carboxylic acids is 3. The summed E-state index contributed by atoms with van der Waals surface area (Å²) in [5.41, 5.74) is 0. The highest BCUT2D eigenvalue weighted by Gasteiger charge is 2.18. The minimum absolute atomic E-state index is 0.0807. The largest absolute Gasteiger partial charge is 0.462 e. The Morgan fingerprint density at radius 2 is 0.822 bits per heavy atom. The van der Waals surface area contributed by atoms with E-state index in [1.807, 2.05) is 0 Å². The van der Waals surface area contributed by atoms with E-state index in [-0.39, 0.29) is 25.2 Å². The van der Waals surface area contributed by atoms with Gasteiger partial charge in [0.15, 0.2) is 6.10 Å². The van der Waals surface area contributed by atoms with Crippen molar-refractivity contribution in [1.82, 2.24) is 0 Å². The molecule has 0 radical (unpaired) electrons. The molecule has 0 aromatic rings. The summed E-state index contributed by atoms with van der Waals surface area (Å²) in [7, 11) is 0. The van der Waals surface area contributed by atoms with E-state index >= 15 is 0 Å². The number of hydrogen-bond acceptors (Lipinski definition) is 6. The van der Waals surface area contributed by atoms with E-state index in [1.54, 1.807) is 0 Å². The SMILES string of the molecule is CCCCCCCC/C=C\CCCCCCCC(=O)O[C@H](COC(C)=O)COC(=O)CCCCCCCCCCCCCCC. The average molecular weight is 637 g/mol. The van der Waals surface area contributed by atoms with Crippen molar-refractivity contribution in [1.29, 1.82) is 0 Å². The maximum atomic E-state index is 12.4. The van der Waals surface area contributed by atoms with Gasteiger partial charge >= 0.3 is 17.9 Å². The first-order valence-corrected chi connectivity index (χ1v) is 19.1. The molecule has 0 saturated heterocycles. The summed E-state index contributed by atoms with van der Waals surface area (Å²) in [6.45, 7) is 5.64. The fourth-order valence-electron chi connectivity index (χ4n) is 5.46. The Labute approximate surface area is 278 Å². The van der Waals surface area contributed by atoms with Crippen molar-refractivity contribution < 1.29 is 28.6 Å². The Morgan fingerprint density at radius 1 is 0.467 bits per heavy atom. The second kappa shape index (κ2) is 35.0. The summed E-state index contributed by atoms with van der Waals surface area (Å²) in [4.78, 5) is 35.9. The lowest BCUT2D eigenvalue weighted by Crippen LogP contribution is -2.30. The Balaban J connectivity index is 3.85. The first-order valence-electron chi connectivity index (χ1n) is 19.1. The van der Waals surface area contributed by atoms with Gasteiger partial charge in [-0.1, -0.05) is 154 Å². The van der Waals surface area contributed by atoms with Gasteiger partial charge in [0.2, 0.25) is 0 Å². The molecule has 264 valence electrons. The van der Waals surface area contributed by atoms with Crippen molar-refractivity contribution in [3.63, 3.8) is 0 Å². The van der Waals surface area contributed by atoms with Crippen molar-refractivity contribution in [3.8, 4) is 0 Å². The molecule has 0 bridgehead atoms. The highest BCUT2D eigenvalue weighted by molar-refractivity contribution is 5.70. The van der Waals surface area contributed by atoms with Crippen molar-refractivity contribution in [3.05, 3.63) is 12.2 Å². The molecular formula is C39H72O6. The number of ether oxygens (including phenoxy) is 3. The van der Waals surface area contributed by atoms with Crippen molar-refractivity contribution in [2.75, 3.05) is 13.2 Å². The molecule has 0 spiro atoms. The van der Waals surface area contributed by atoms with Gasteiger partial charge in [0.1, 0.15) is 13.2 Å². The van der Waals surface area contributed by atoms with Gasteiger partial charge in [-0.25, -0.2) is 0 Å². The third-order valence-corrected chi connectivity index (χ3v) is 8.33. The van der Waals surface area contributed by atoms with Crippen molar-refractivity contribution >= 4 is 17.9 Å². The van der Waals surface area contributed by atoms with Gasteiger partial charge in [0.05, 0.1) is 0 Å². The second-order valence-corrected chi connectivity index (χ2v) is 12.9. The van der Waals surface area contributed by atoms with Crippen LogP contribution in [0.2, 0.25) is 0 Å². The monoisotopic (exact) mass is 637 g/mol. The van der Waals surface area contributed by atoms with E-state index in [2.05, 4.69) is 26.0 Å². The molecule has 1 atom stereocenters. The molecule has 0 aliphatic heterocycles. The predicted octanol–water partition coefficient (Wildman–Crippen LogP) is 11.5. The van der Waals surface area contributed by atoms with Crippen LogP contribution in [0.15, 0.2) is 12.2 Å². The number of carbonyl (C=O) groups is 3. The van der Waals surface area contributed by atoms with Crippen LogP contribution in [-0.4, -0.2) is 37.2 Å². The number of rotatable bonds is 34. The predicted molar refractivity (Wildman–Crippen MR) is 187 cm³/mol. The molecule has 0 rings (SSSR count). The van der Waals surface area contributed by atoms with Gasteiger partial charge < -0.3 is 14.2 Å². The zero-order valence-corrected chi connectivity index (χ0v) is 29.9. The first-order chi connectivity index (χ1) is 22.0. The third kappa shape index (κ3) is 34.9. The van der Waals surface area contributed by atoms with Crippen LogP contribution in [0.5, 0.6) is 0 Å². The van der Waals surface area contributed by atoms with E-state index in [1.165, 1.54) is 129 Å². The number of hydrogen-bond donors (Lipinski definition) is 0. The summed E-state index contributed by atoms with van der Waals surface area (Å²) in [6, 6.07) is 0. The Hall–Kier alpha value is -1.85. The fraction of sp³-hybridized carbons (Fsp3) is 0.872. The third-order valence-electron chi connectivity index (χ3n) is 8.33. The summed E-state index contributed by atoms with van der Waals surface area (Å²) < 4.78 is 15.9.